The van der Waals surface area contributed by atoms with E-state index in [1.807, 2.05) is 84.9 Å². The number of hydrogen-bond acceptors (Lipinski definition) is 4. The molecule has 9 aromatic carbocycles. The molecule has 5 nitrogen and oxygen atoms in total. The van der Waals surface area contributed by atoms with E-state index in [9.17, 15) is 0 Å². The summed E-state index contributed by atoms with van der Waals surface area (Å²) in [7, 11) is 0. The molecule has 0 unspecified atom stereocenters. The Hall–Kier alpha value is -7.47. The molecule has 0 fully saturated rings. The highest BCUT2D eigenvalue weighted by Crippen LogP contribution is 2.40. The van der Waals surface area contributed by atoms with Crippen LogP contribution in [0.4, 0.5) is 0 Å². The number of nitrogen functional groups attached to an aromatic ring is 1. The van der Waals surface area contributed by atoms with Gasteiger partial charge in [-0.05, 0) is 81.1 Å². The second kappa shape index (κ2) is 15.6. The number of benzene rings is 9. The van der Waals surface area contributed by atoms with Gasteiger partial charge in [-0.2, -0.15) is 0 Å². The third-order valence-electron chi connectivity index (χ3n) is 10.7. The maximum Gasteiger partial charge on any atom is 0.139 e. The molecule has 5 N–H and O–H groups in total. The number of nitrogens with two attached hydrogens (primary N) is 2. The Labute approximate surface area is 336 Å². The monoisotopic (exact) mass is 751 g/mol. The fourth-order valence-electron chi connectivity index (χ4n) is 7.88. The predicted molar refractivity (Wildman–Crippen MR) is 243 cm³/mol. The summed E-state index contributed by atoms with van der Waals surface area (Å²) in [6.07, 6.45) is 0. The van der Waals surface area contributed by atoms with Crippen LogP contribution in [-0.2, 0) is 6.54 Å². The van der Waals surface area contributed by atoms with Crippen LogP contribution in [0, 0.1) is 12.3 Å². The fraction of sp³-hybridized carbons (Fsp3) is 0.0377. The smallest absolute Gasteiger partial charge is 0.139 e. The summed E-state index contributed by atoms with van der Waals surface area (Å²) in [5.74, 6) is 0.0554. The Bertz CT molecular complexity index is 3270. The zero-order valence-corrected chi connectivity index (χ0v) is 32.1. The van der Waals surface area contributed by atoms with E-state index in [-0.39, 0.29) is 5.84 Å². The largest absolute Gasteiger partial charge is 0.456 e. The van der Waals surface area contributed by atoms with Gasteiger partial charge in [-0.15, -0.1) is 0 Å². The average Bonchev–Trinajstić information content (AvgIpc) is 3.85. The first-order chi connectivity index (χ1) is 28.5. The van der Waals surface area contributed by atoms with Crippen molar-refractivity contribution in [2.24, 2.45) is 11.5 Å². The minimum Gasteiger partial charge on any atom is -0.456 e. The SMILES string of the molecule is Cc1ccccc1.N=C(N)c1ccccc1-c1cccc2oc3ccc(-c4ccc5c(ccc6ccccc65)c4)cc3c12.NCc1cccc2c1oc1ccccc12. The lowest BCUT2D eigenvalue weighted by molar-refractivity contribution is 0.663. The van der Waals surface area contributed by atoms with Gasteiger partial charge in [0.2, 0.25) is 0 Å². The molecule has 2 heterocycles. The molecule has 0 amide bonds. The van der Waals surface area contributed by atoms with E-state index >= 15 is 0 Å². The number of aryl methyl sites for hydroxylation is 1. The van der Waals surface area contributed by atoms with Crippen molar-refractivity contribution in [3.63, 3.8) is 0 Å². The number of hydrogen-bond donors (Lipinski definition) is 3. The summed E-state index contributed by atoms with van der Waals surface area (Å²) in [6.45, 7) is 2.59. The molecule has 2 aromatic heterocycles. The van der Waals surface area contributed by atoms with Gasteiger partial charge in [0.25, 0.3) is 0 Å². The van der Waals surface area contributed by atoms with Crippen molar-refractivity contribution < 1.29 is 8.83 Å². The summed E-state index contributed by atoms with van der Waals surface area (Å²) in [6, 6.07) is 64.2. The minimum absolute atomic E-state index is 0.0554. The third kappa shape index (κ3) is 6.85. The van der Waals surface area contributed by atoms with Gasteiger partial charge in [0.1, 0.15) is 28.2 Å². The first-order valence-electron chi connectivity index (χ1n) is 19.4. The number of furan rings is 2. The standard InChI is InChI=1S/C33H22N2O.C13H11NO.C7H8/c34-33(35)28-9-4-3-8-26(28)27-10-5-11-31-32(27)29-19-22(15-17-30(29)36-31)21-14-16-25-23(18-21)13-12-20-6-1-2-7-24(20)25;14-8-9-4-3-6-11-10-5-1-2-7-12(10)15-13(9)11;1-7-5-3-2-4-6-7/h1-19H,(H3,34,35);1-7H,8,14H2;2-6H,1H3. The van der Waals surface area contributed by atoms with E-state index < -0.39 is 0 Å². The molecule has 0 bridgehead atoms. The average molecular weight is 752 g/mol. The van der Waals surface area contributed by atoms with E-state index in [2.05, 4.69) is 110 Å². The van der Waals surface area contributed by atoms with Gasteiger partial charge < -0.3 is 20.3 Å². The van der Waals surface area contributed by atoms with Crippen LogP contribution in [0.2, 0.25) is 0 Å². The molecule has 0 aliphatic rings. The van der Waals surface area contributed by atoms with E-state index in [0.29, 0.717) is 6.54 Å². The molecule has 0 atom stereocenters. The van der Waals surface area contributed by atoms with Crippen molar-refractivity contribution in [2.75, 3.05) is 0 Å². The zero-order valence-electron chi connectivity index (χ0n) is 32.1. The van der Waals surface area contributed by atoms with E-state index in [4.69, 9.17) is 25.7 Å². The molecule has 11 aromatic rings. The van der Waals surface area contributed by atoms with Gasteiger partial charge in [0.05, 0.1) is 0 Å². The predicted octanol–water partition coefficient (Wildman–Crippen LogP) is 13.6. The third-order valence-corrected chi connectivity index (χ3v) is 10.7. The number of amidine groups is 1. The second-order valence-electron chi connectivity index (χ2n) is 14.4. The van der Waals surface area contributed by atoms with Crippen LogP contribution in [0.5, 0.6) is 0 Å². The number of fused-ring (bicyclic) bond motifs is 9. The number of para-hydroxylation sites is 2. The fourth-order valence-corrected chi connectivity index (χ4v) is 7.88. The first kappa shape index (κ1) is 36.2. The van der Waals surface area contributed by atoms with Crippen molar-refractivity contribution in [3.8, 4) is 22.3 Å². The molecule has 58 heavy (non-hydrogen) atoms. The van der Waals surface area contributed by atoms with E-state index in [0.717, 1.165) is 77.3 Å². The summed E-state index contributed by atoms with van der Waals surface area (Å²) >= 11 is 0. The molecule has 0 saturated heterocycles. The van der Waals surface area contributed by atoms with E-state index in [1.165, 1.54) is 27.1 Å². The molecule has 0 saturated carbocycles. The van der Waals surface area contributed by atoms with Crippen molar-refractivity contribution in [3.05, 3.63) is 205 Å². The minimum atomic E-state index is 0.0554. The Morgan fingerprint density at radius 1 is 0.483 bits per heavy atom. The maximum absolute atomic E-state index is 8.08. The van der Waals surface area contributed by atoms with Crippen LogP contribution >= 0.6 is 0 Å². The number of nitrogens with one attached hydrogen (secondary N) is 1. The normalized spacial score (nSPS) is 11.1. The number of rotatable bonds is 4. The van der Waals surface area contributed by atoms with Crippen LogP contribution in [0.3, 0.4) is 0 Å². The highest BCUT2D eigenvalue weighted by Gasteiger charge is 2.16. The Balaban J connectivity index is 0.000000161. The molecular formula is C53H41N3O2. The summed E-state index contributed by atoms with van der Waals surface area (Å²) in [4.78, 5) is 0. The molecule has 11 rings (SSSR count). The molecular weight excluding hydrogens is 711 g/mol. The van der Waals surface area contributed by atoms with E-state index in [1.54, 1.807) is 0 Å². The second-order valence-corrected chi connectivity index (χ2v) is 14.4. The van der Waals surface area contributed by atoms with Crippen molar-refractivity contribution in [1.29, 1.82) is 5.41 Å². The van der Waals surface area contributed by atoms with Crippen LogP contribution in [0.1, 0.15) is 16.7 Å². The van der Waals surface area contributed by atoms with Crippen LogP contribution in [-0.4, -0.2) is 5.84 Å². The lowest BCUT2D eigenvalue weighted by Crippen LogP contribution is -2.12. The topological polar surface area (TPSA) is 102 Å². The summed E-state index contributed by atoms with van der Waals surface area (Å²) in [5.41, 5.74) is 22.4. The Morgan fingerprint density at radius 2 is 1.10 bits per heavy atom. The lowest BCUT2D eigenvalue weighted by atomic mass is 9.93. The van der Waals surface area contributed by atoms with Crippen LogP contribution in [0.15, 0.2) is 197 Å². The molecule has 0 aliphatic heterocycles. The maximum atomic E-state index is 8.08. The van der Waals surface area contributed by atoms with Crippen LogP contribution in [0.25, 0.3) is 87.7 Å². The Kier molecular flexibility index (Phi) is 9.72. The van der Waals surface area contributed by atoms with Gasteiger partial charge in [-0.1, -0.05) is 163 Å². The molecule has 0 aliphatic carbocycles. The highest BCUT2D eigenvalue weighted by atomic mass is 16.3. The first-order valence-corrected chi connectivity index (χ1v) is 19.4. The van der Waals surface area contributed by atoms with Crippen molar-refractivity contribution in [2.45, 2.75) is 13.5 Å². The lowest BCUT2D eigenvalue weighted by Gasteiger charge is -2.10. The van der Waals surface area contributed by atoms with Crippen LogP contribution < -0.4 is 11.5 Å². The van der Waals surface area contributed by atoms with Gasteiger partial charge in [0, 0.05) is 39.2 Å². The van der Waals surface area contributed by atoms with Gasteiger partial charge in [-0.3, -0.25) is 5.41 Å². The van der Waals surface area contributed by atoms with Crippen molar-refractivity contribution in [1.82, 2.24) is 0 Å². The van der Waals surface area contributed by atoms with Gasteiger partial charge >= 0.3 is 0 Å². The van der Waals surface area contributed by atoms with Crippen molar-refractivity contribution >= 4 is 71.3 Å². The van der Waals surface area contributed by atoms with Gasteiger partial charge in [0.15, 0.2) is 0 Å². The summed E-state index contributed by atoms with van der Waals surface area (Å²) < 4.78 is 12.0. The highest BCUT2D eigenvalue weighted by molar-refractivity contribution is 6.16. The molecule has 0 spiro atoms. The quantitative estimate of drug-likeness (QED) is 0.0946. The summed E-state index contributed by atoms with van der Waals surface area (Å²) in [5, 5.41) is 17.5. The van der Waals surface area contributed by atoms with Gasteiger partial charge in [-0.25, -0.2) is 0 Å². The molecule has 5 heteroatoms. The Morgan fingerprint density at radius 3 is 1.91 bits per heavy atom. The molecule has 280 valence electrons. The zero-order chi connectivity index (χ0) is 39.6. The molecule has 0 radical (unpaired) electrons.